The van der Waals surface area contributed by atoms with Crippen LogP contribution in [0.5, 0.6) is 0 Å². The van der Waals surface area contributed by atoms with Gasteiger partial charge in [-0.1, -0.05) is 37.3 Å². The number of nitrogens with one attached hydrogen (secondary N) is 1. The number of benzene rings is 1. The van der Waals surface area contributed by atoms with Crippen molar-refractivity contribution in [2.45, 2.75) is 19.8 Å². The van der Waals surface area contributed by atoms with Crippen LogP contribution in [0.1, 0.15) is 34.6 Å². The maximum atomic E-state index is 11.9. The van der Waals surface area contributed by atoms with Gasteiger partial charge in [-0.05, 0) is 18.4 Å². The molecule has 0 saturated carbocycles. The first-order chi connectivity index (χ1) is 9.16. The Balaban J connectivity index is 1.92. The normalized spacial score (nSPS) is 11.9. The van der Waals surface area contributed by atoms with E-state index in [2.05, 4.69) is 34.3 Å². The molecule has 4 nitrogen and oxygen atoms in total. The van der Waals surface area contributed by atoms with Gasteiger partial charge in [-0.25, -0.2) is 4.98 Å². The molecule has 0 aliphatic heterocycles. The van der Waals surface area contributed by atoms with E-state index >= 15 is 0 Å². The number of rotatable bonds is 4. The average Bonchev–Trinajstić information content (AvgIpc) is 2.46. The van der Waals surface area contributed by atoms with Gasteiger partial charge in [0.2, 0.25) is 0 Å². The summed E-state index contributed by atoms with van der Waals surface area (Å²) in [5.41, 5.74) is 2.36. The molecule has 1 aromatic carbocycles. The predicted octanol–water partition coefficient (Wildman–Crippen LogP) is 2.32. The van der Waals surface area contributed by atoms with E-state index in [1.54, 1.807) is 6.20 Å². The van der Waals surface area contributed by atoms with E-state index in [9.17, 15) is 4.79 Å². The monoisotopic (exact) mass is 255 g/mol. The number of carbonyl (C=O) groups excluding carboxylic acids is 1. The fraction of sp³-hybridized carbons (Fsp3) is 0.267. The largest absolute Gasteiger partial charge is 0.350 e. The zero-order valence-corrected chi connectivity index (χ0v) is 11.1. The van der Waals surface area contributed by atoms with Crippen molar-refractivity contribution in [2.75, 3.05) is 6.54 Å². The summed E-state index contributed by atoms with van der Waals surface area (Å²) in [6.07, 6.45) is 3.09. The highest BCUT2D eigenvalue weighted by Crippen LogP contribution is 2.13. The number of nitrogens with zero attached hydrogens (tertiary/aromatic N) is 2. The molecule has 1 unspecified atom stereocenters. The van der Waals surface area contributed by atoms with Gasteiger partial charge in [0.05, 0.1) is 11.9 Å². The van der Waals surface area contributed by atoms with Gasteiger partial charge in [-0.15, -0.1) is 0 Å². The first-order valence-electron chi connectivity index (χ1n) is 6.28. The molecule has 0 fully saturated rings. The van der Waals surface area contributed by atoms with Gasteiger partial charge in [0.25, 0.3) is 5.91 Å². The van der Waals surface area contributed by atoms with Crippen molar-refractivity contribution in [3.8, 4) is 0 Å². The van der Waals surface area contributed by atoms with Crippen molar-refractivity contribution in [1.29, 1.82) is 0 Å². The van der Waals surface area contributed by atoms with Crippen LogP contribution < -0.4 is 5.32 Å². The van der Waals surface area contributed by atoms with Gasteiger partial charge in [0.1, 0.15) is 5.69 Å². The number of amides is 1. The Morgan fingerprint density at radius 1 is 1.21 bits per heavy atom. The Morgan fingerprint density at radius 3 is 2.58 bits per heavy atom. The third kappa shape index (κ3) is 3.61. The van der Waals surface area contributed by atoms with Crippen molar-refractivity contribution < 1.29 is 4.79 Å². The Kier molecular flexibility index (Phi) is 4.23. The Labute approximate surface area is 112 Å². The van der Waals surface area contributed by atoms with Gasteiger partial charge in [-0.2, -0.15) is 0 Å². The van der Waals surface area contributed by atoms with Crippen molar-refractivity contribution in [2.24, 2.45) is 0 Å². The van der Waals surface area contributed by atoms with E-state index in [0.29, 0.717) is 12.2 Å². The molecule has 0 aliphatic rings. The zero-order chi connectivity index (χ0) is 13.7. The van der Waals surface area contributed by atoms with Crippen LogP contribution in [0.3, 0.4) is 0 Å². The topological polar surface area (TPSA) is 54.9 Å². The van der Waals surface area contributed by atoms with E-state index in [-0.39, 0.29) is 11.8 Å². The van der Waals surface area contributed by atoms with Crippen LogP contribution in [-0.4, -0.2) is 22.4 Å². The van der Waals surface area contributed by atoms with E-state index < -0.39 is 0 Å². The Hall–Kier alpha value is -2.23. The third-order valence-corrected chi connectivity index (χ3v) is 2.95. The Bertz CT molecular complexity index is 537. The fourth-order valence-corrected chi connectivity index (χ4v) is 1.75. The quantitative estimate of drug-likeness (QED) is 0.912. The lowest BCUT2D eigenvalue weighted by atomic mass is 10.0. The summed E-state index contributed by atoms with van der Waals surface area (Å²) in [7, 11) is 0. The van der Waals surface area contributed by atoms with E-state index in [0.717, 1.165) is 5.69 Å². The summed E-state index contributed by atoms with van der Waals surface area (Å²) in [6.45, 7) is 4.50. The molecular formula is C15H17N3O. The summed E-state index contributed by atoms with van der Waals surface area (Å²) >= 11 is 0. The lowest BCUT2D eigenvalue weighted by Crippen LogP contribution is -2.28. The van der Waals surface area contributed by atoms with Crippen molar-refractivity contribution in [3.05, 3.63) is 59.7 Å². The van der Waals surface area contributed by atoms with Gasteiger partial charge < -0.3 is 5.32 Å². The molecule has 2 rings (SSSR count). The molecule has 1 amide bonds. The summed E-state index contributed by atoms with van der Waals surface area (Å²) in [5, 5.41) is 2.88. The third-order valence-electron chi connectivity index (χ3n) is 2.95. The van der Waals surface area contributed by atoms with Crippen LogP contribution in [0, 0.1) is 6.92 Å². The average molecular weight is 255 g/mol. The number of hydrogen-bond donors (Lipinski definition) is 1. The highest BCUT2D eigenvalue weighted by Gasteiger charge is 2.10. The van der Waals surface area contributed by atoms with E-state index in [1.165, 1.54) is 11.8 Å². The minimum atomic E-state index is -0.185. The maximum absolute atomic E-state index is 11.9. The molecule has 0 aliphatic carbocycles. The molecule has 98 valence electrons. The minimum Gasteiger partial charge on any atom is -0.350 e. The molecule has 1 atom stereocenters. The van der Waals surface area contributed by atoms with Crippen molar-refractivity contribution in [1.82, 2.24) is 15.3 Å². The fourth-order valence-electron chi connectivity index (χ4n) is 1.75. The first-order valence-corrected chi connectivity index (χ1v) is 6.28. The predicted molar refractivity (Wildman–Crippen MR) is 74.0 cm³/mol. The van der Waals surface area contributed by atoms with Gasteiger partial charge >= 0.3 is 0 Å². The Morgan fingerprint density at radius 2 is 1.95 bits per heavy atom. The standard InChI is InChI=1S/C15H17N3O/c1-11(13-6-4-3-5-7-13)8-18-15(19)14-10-16-12(2)9-17-14/h3-7,9-11H,8H2,1-2H3,(H,18,19). The first kappa shape index (κ1) is 13.2. The van der Waals surface area contributed by atoms with Crippen molar-refractivity contribution in [3.63, 3.8) is 0 Å². The van der Waals surface area contributed by atoms with Crippen LogP contribution in [0.15, 0.2) is 42.7 Å². The smallest absolute Gasteiger partial charge is 0.271 e. The molecular weight excluding hydrogens is 238 g/mol. The molecule has 0 bridgehead atoms. The molecule has 0 radical (unpaired) electrons. The molecule has 1 heterocycles. The molecule has 2 aromatic rings. The summed E-state index contributed by atoms with van der Waals surface area (Å²) in [4.78, 5) is 20.0. The second kappa shape index (κ2) is 6.09. The number of hydrogen-bond acceptors (Lipinski definition) is 3. The number of carbonyl (C=O) groups is 1. The van der Waals surface area contributed by atoms with Gasteiger partial charge in [-0.3, -0.25) is 9.78 Å². The van der Waals surface area contributed by atoms with Gasteiger partial charge in [0, 0.05) is 12.7 Å². The van der Waals surface area contributed by atoms with Gasteiger partial charge in [0.15, 0.2) is 0 Å². The molecule has 1 N–H and O–H groups in total. The lowest BCUT2D eigenvalue weighted by Gasteiger charge is -2.12. The maximum Gasteiger partial charge on any atom is 0.271 e. The van der Waals surface area contributed by atoms with E-state index in [4.69, 9.17) is 0 Å². The molecule has 0 saturated heterocycles. The molecule has 1 aromatic heterocycles. The number of aryl methyl sites for hydroxylation is 1. The minimum absolute atomic E-state index is 0.185. The second-order valence-electron chi connectivity index (χ2n) is 4.56. The van der Waals surface area contributed by atoms with Crippen molar-refractivity contribution >= 4 is 5.91 Å². The van der Waals surface area contributed by atoms with E-state index in [1.807, 2.05) is 25.1 Å². The van der Waals surface area contributed by atoms with Crippen LogP contribution in [0.2, 0.25) is 0 Å². The summed E-state index contributed by atoms with van der Waals surface area (Å²) in [6, 6.07) is 10.1. The summed E-state index contributed by atoms with van der Waals surface area (Å²) in [5.74, 6) is 0.0823. The van der Waals surface area contributed by atoms with Crippen LogP contribution in [0.25, 0.3) is 0 Å². The van der Waals surface area contributed by atoms with Crippen LogP contribution in [-0.2, 0) is 0 Å². The highest BCUT2D eigenvalue weighted by atomic mass is 16.1. The highest BCUT2D eigenvalue weighted by molar-refractivity contribution is 5.91. The molecule has 19 heavy (non-hydrogen) atoms. The molecule has 0 spiro atoms. The SMILES string of the molecule is Cc1cnc(C(=O)NCC(C)c2ccccc2)cn1. The summed E-state index contributed by atoms with van der Waals surface area (Å²) < 4.78 is 0. The van der Waals surface area contributed by atoms with Crippen LogP contribution in [0.4, 0.5) is 0 Å². The zero-order valence-electron chi connectivity index (χ0n) is 11.1. The molecule has 4 heteroatoms. The van der Waals surface area contributed by atoms with Crippen LogP contribution >= 0.6 is 0 Å². The number of aromatic nitrogens is 2. The lowest BCUT2D eigenvalue weighted by molar-refractivity contribution is 0.0946. The second-order valence-corrected chi connectivity index (χ2v) is 4.56.